The molecule has 64 valence electrons. The number of aromatic nitrogens is 1. The number of nitrogens with zero attached hydrogens (tertiary/aromatic N) is 1. The van der Waals surface area contributed by atoms with E-state index in [2.05, 4.69) is 28.7 Å². The van der Waals surface area contributed by atoms with Crippen LogP contribution in [-0.4, -0.2) is 17.6 Å². The molecule has 12 heavy (non-hydrogen) atoms. The second-order valence-electron chi connectivity index (χ2n) is 3.11. The topological polar surface area (TPSA) is 24.9 Å². The minimum atomic E-state index is 0.502. The lowest BCUT2D eigenvalue weighted by atomic mass is 10.2. The molecule has 3 heteroatoms. The van der Waals surface area contributed by atoms with Gasteiger partial charge >= 0.3 is 0 Å². The zero-order valence-corrected chi connectivity index (χ0v) is 8.11. The zero-order valence-electron chi connectivity index (χ0n) is 7.29. The van der Waals surface area contributed by atoms with E-state index < -0.39 is 0 Å². The largest absolute Gasteiger partial charge is 0.307 e. The molecule has 0 bridgehead atoms. The summed E-state index contributed by atoms with van der Waals surface area (Å²) in [6.07, 6.45) is 2.24. The third-order valence-electron chi connectivity index (χ3n) is 2.01. The quantitative estimate of drug-likeness (QED) is 0.713. The van der Waals surface area contributed by atoms with E-state index in [1.165, 1.54) is 5.57 Å². The Kier molecular flexibility index (Phi) is 1.98. The van der Waals surface area contributed by atoms with Crippen molar-refractivity contribution in [3.8, 4) is 0 Å². The Morgan fingerprint density at radius 1 is 1.67 bits per heavy atom. The van der Waals surface area contributed by atoms with Gasteiger partial charge in [-0.25, -0.2) is 4.98 Å². The van der Waals surface area contributed by atoms with Crippen LogP contribution in [0.25, 0.3) is 5.57 Å². The molecule has 1 aromatic heterocycles. The molecule has 1 unspecified atom stereocenters. The molecule has 2 nitrogen and oxygen atoms in total. The van der Waals surface area contributed by atoms with Crippen LogP contribution in [0.5, 0.6) is 0 Å². The first kappa shape index (κ1) is 7.95. The van der Waals surface area contributed by atoms with Crippen LogP contribution in [0, 0.1) is 6.92 Å². The molecule has 1 atom stereocenters. The molecule has 1 N–H and O–H groups in total. The van der Waals surface area contributed by atoms with Gasteiger partial charge in [-0.2, -0.15) is 0 Å². The number of hydrogen-bond acceptors (Lipinski definition) is 3. The van der Waals surface area contributed by atoms with Gasteiger partial charge in [-0.15, -0.1) is 11.3 Å². The van der Waals surface area contributed by atoms with Gasteiger partial charge in [-0.05, 0) is 19.4 Å². The molecular weight excluding hydrogens is 168 g/mol. The Morgan fingerprint density at radius 3 is 3.00 bits per heavy atom. The van der Waals surface area contributed by atoms with Crippen molar-refractivity contribution in [1.82, 2.24) is 10.3 Å². The average Bonchev–Trinajstić information content (AvgIpc) is 2.58. The lowest BCUT2D eigenvalue weighted by Crippen LogP contribution is -2.17. The van der Waals surface area contributed by atoms with Crippen molar-refractivity contribution in [1.29, 1.82) is 0 Å². The van der Waals surface area contributed by atoms with E-state index >= 15 is 0 Å². The SMILES string of the molecule is Cc1nc(C2=CC(C)NC2)cs1. The third-order valence-corrected chi connectivity index (χ3v) is 2.79. The van der Waals surface area contributed by atoms with E-state index in [9.17, 15) is 0 Å². The van der Waals surface area contributed by atoms with E-state index in [1.807, 2.05) is 6.92 Å². The van der Waals surface area contributed by atoms with Crippen LogP contribution >= 0.6 is 11.3 Å². The van der Waals surface area contributed by atoms with Crippen molar-refractivity contribution < 1.29 is 0 Å². The lowest BCUT2D eigenvalue weighted by Gasteiger charge is -1.95. The maximum atomic E-state index is 4.44. The maximum absolute atomic E-state index is 4.44. The van der Waals surface area contributed by atoms with E-state index in [-0.39, 0.29) is 0 Å². The van der Waals surface area contributed by atoms with Crippen LogP contribution in [0.1, 0.15) is 17.6 Å². The highest BCUT2D eigenvalue weighted by Crippen LogP contribution is 2.20. The summed E-state index contributed by atoms with van der Waals surface area (Å²) in [6, 6.07) is 0.502. The Labute approximate surface area is 76.3 Å². The van der Waals surface area contributed by atoms with E-state index in [4.69, 9.17) is 0 Å². The first-order valence-electron chi connectivity index (χ1n) is 4.12. The Hall–Kier alpha value is -0.670. The van der Waals surface area contributed by atoms with Crippen LogP contribution in [0.2, 0.25) is 0 Å². The predicted octanol–water partition coefficient (Wildman–Crippen LogP) is 1.83. The number of rotatable bonds is 1. The normalized spacial score (nSPS) is 22.8. The van der Waals surface area contributed by atoms with Gasteiger partial charge < -0.3 is 5.32 Å². The van der Waals surface area contributed by atoms with Crippen molar-refractivity contribution in [2.45, 2.75) is 19.9 Å². The minimum absolute atomic E-state index is 0.502. The fourth-order valence-electron chi connectivity index (χ4n) is 1.38. The molecule has 0 saturated carbocycles. The van der Waals surface area contributed by atoms with Crippen molar-refractivity contribution in [2.75, 3.05) is 6.54 Å². The van der Waals surface area contributed by atoms with Crippen LogP contribution < -0.4 is 5.32 Å². The molecule has 2 heterocycles. The Balaban J connectivity index is 2.26. The minimum Gasteiger partial charge on any atom is -0.307 e. The van der Waals surface area contributed by atoms with Gasteiger partial charge in [0.15, 0.2) is 0 Å². The van der Waals surface area contributed by atoms with Gasteiger partial charge in [0.25, 0.3) is 0 Å². The molecule has 0 spiro atoms. The molecule has 1 aliphatic rings. The number of thiazole rings is 1. The van der Waals surface area contributed by atoms with Gasteiger partial charge in [-0.1, -0.05) is 6.08 Å². The molecule has 1 aromatic rings. The fraction of sp³-hybridized carbons (Fsp3) is 0.444. The van der Waals surface area contributed by atoms with Crippen LogP contribution in [0.15, 0.2) is 11.5 Å². The first-order chi connectivity index (χ1) is 5.75. The van der Waals surface area contributed by atoms with Gasteiger partial charge in [0.1, 0.15) is 0 Å². The number of hydrogen-bond donors (Lipinski definition) is 1. The molecule has 0 amide bonds. The average molecular weight is 180 g/mol. The van der Waals surface area contributed by atoms with Crippen molar-refractivity contribution >= 4 is 16.9 Å². The van der Waals surface area contributed by atoms with Gasteiger partial charge in [0.2, 0.25) is 0 Å². The number of aryl methyl sites for hydroxylation is 1. The summed E-state index contributed by atoms with van der Waals surface area (Å²) in [7, 11) is 0. The van der Waals surface area contributed by atoms with Crippen molar-refractivity contribution in [3.05, 3.63) is 22.2 Å². The van der Waals surface area contributed by atoms with E-state index in [0.717, 1.165) is 17.2 Å². The van der Waals surface area contributed by atoms with Crippen molar-refractivity contribution in [3.63, 3.8) is 0 Å². The van der Waals surface area contributed by atoms with E-state index in [0.29, 0.717) is 6.04 Å². The zero-order chi connectivity index (χ0) is 8.55. The summed E-state index contributed by atoms with van der Waals surface area (Å²) in [6.45, 7) is 5.16. The molecule has 0 fully saturated rings. The first-order valence-corrected chi connectivity index (χ1v) is 5.00. The lowest BCUT2D eigenvalue weighted by molar-refractivity contribution is 0.728. The molecule has 1 aliphatic heterocycles. The second kappa shape index (κ2) is 2.99. The second-order valence-corrected chi connectivity index (χ2v) is 4.18. The molecule has 2 rings (SSSR count). The van der Waals surface area contributed by atoms with Crippen LogP contribution in [0.3, 0.4) is 0 Å². The van der Waals surface area contributed by atoms with Crippen molar-refractivity contribution in [2.24, 2.45) is 0 Å². The summed E-state index contributed by atoms with van der Waals surface area (Å²) in [5, 5.41) is 6.62. The summed E-state index contributed by atoms with van der Waals surface area (Å²) < 4.78 is 0. The molecule has 0 saturated heterocycles. The predicted molar refractivity (Wildman–Crippen MR) is 52.3 cm³/mol. The smallest absolute Gasteiger partial charge is 0.0901 e. The van der Waals surface area contributed by atoms with Gasteiger partial charge in [0.05, 0.1) is 10.7 Å². The highest BCUT2D eigenvalue weighted by atomic mass is 32.1. The molecule has 0 aromatic carbocycles. The van der Waals surface area contributed by atoms with Crippen LogP contribution in [0.4, 0.5) is 0 Å². The molecule has 0 aliphatic carbocycles. The highest BCUT2D eigenvalue weighted by Gasteiger charge is 2.13. The van der Waals surface area contributed by atoms with Gasteiger partial charge in [-0.3, -0.25) is 0 Å². The Morgan fingerprint density at radius 2 is 2.50 bits per heavy atom. The summed E-state index contributed by atoms with van der Waals surface area (Å²) >= 11 is 1.71. The summed E-state index contributed by atoms with van der Waals surface area (Å²) in [4.78, 5) is 4.44. The standard InChI is InChI=1S/C9H12N2S/c1-6-3-8(4-10-6)9-5-12-7(2)11-9/h3,5-6,10H,4H2,1-2H3. The Bertz CT molecular complexity index is 314. The maximum Gasteiger partial charge on any atom is 0.0901 e. The monoisotopic (exact) mass is 180 g/mol. The summed E-state index contributed by atoms with van der Waals surface area (Å²) in [5.74, 6) is 0. The fourth-order valence-corrected chi connectivity index (χ4v) is 2.01. The highest BCUT2D eigenvalue weighted by molar-refractivity contribution is 7.09. The van der Waals surface area contributed by atoms with Gasteiger partial charge in [0, 0.05) is 18.0 Å². The summed E-state index contributed by atoms with van der Waals surface area (Å²) in [5.41, 5.74) is 2.49. The molecular formula is C9H12N2S. The third kappa shape index (κ3) is 1.42. The molecule has 0 radical (unpaired) electrons. The van der Waals surface area contributed by atoms with Crippen LogP contribution in [-0.2, 0) is 0 Å². The van der Waals surface area contributed by atoms with E-state index in [1.54, 1.807) is 11.3 Å². The number of nitrogens with one attached hydrogen (secondary N) is 1.